The molecule has 0 aliphatic rings. The van der Waals surface area contributed by atoms with Gasteiger partial charge in [0.05, 0.1) is 24.8 Å². The van der Waals surface area contributed by atoms with E-state index in [2.05, 4.69) is 5.32 Å². The van der Waals surface area contributed by atoms with Crippen molar-refractivity contribution in [3.05, 3.63) is 17.2 Å². The Balaban J connectivity index is 2.92. The predicted octanol–water partition coefficient (Wildman–Crippen LogP) is 3.70. The lowest BCUT2D eigenvalue weighted by Gasteiger charge is -2.14. The molecule has 1 aromatic rings. The van der Waals surface area contributed by atoms with Crippen LogP contribution in [0.1, 0.15) is 20.8 Å². The molecule has 0 fully saturated rings. The lowest BCUT2D eigenvalue weighted by atomic mass is 10.2. The summed E-state index contributed by atoms with van der Waals surface area (Å²) in [6, 6.07) is 3.20. The number of rotatable bonds is 5. The number of methoxy groups -OCH3 is 1. The summed E-state index contributed by atoms with van der Waals surface area (Å²) in [5.41, 5.74) is 0.482. The van der Waals surface area contributed by atoms with Crippen molar-refractivity contribution < 1.29 is 19.0 Å². The highest BCUT2D eigenvalue weighted by Crippen LogP contribution is 2.38. The maximum atomic E-state index is 11.5. The smallest absolute Gasteiger partial charge is 0.411 e. The molecular weight excluding hydrogens is 270 g/mol. The molecule has 0 bridgehead atoms. The molecule has 0 aliphatic heterocycles. The molecule has 1 rings (SSSR count). The van der Waals surface area contributed by atoms with E-state index in [0.29, 0.717) is 28.8 Å². The third-order valence-electron chi connectivity index (χ3n) is 2.11. The second-order valence-electron chi connectivity index (χ2n) is 4.00. The Kier molecular flexibility index (Phi) is 5.76. The zero-order valence-electron chi connectivity index (χ0n) is 11.5. The zero-order chi connectivity index (χ0) is 14.4. The number of hydrogen-bond donors (Lipinski definition) is 1. The van der Waals surface area contributed by atoms with E-state index < -0.39 is 6.09 Å². The Bertz CT molecular complexity index is 449. The Morgan fingerprint density at radius 1 is 1.42 bits per heavy atom. The van der Waals surface area contributed by atoms with E-state index in [9.17, 15) is 4.79 Å². The van der Waals surface area contributed by atoms with Crippen molar-refractivity contribution in [2.45, 2.75) is 26.9 Å². The highest BCUT2D eigenvalue weighted by Gasteiger charge is 2.13. The molecule has 0 saturated carbocycles. The average molecular weight is 288 g/mol. The van der Waals surface area contributed by atoms with Crippen LogP contribution < -0.4 is 14.8 Å². The molecule has 0 unspecified atom stereocenters. The number of ether oxygens (including phenoxy) is 3. The van der Waals surface area contributed by atoms with Crippen LogP contribution in [0.25, 0.3) is 0 Å². The topological polar surface area (TPSA) is 56.8 Å². The van der Waals surface area contributed by atoms with E-state index in [1.807, 2.05) is 6.92 Å². The van der Waals surface area contributed by atoms with Crippen LogP contribution in [0.4, 0.5) is 10.5 Å². The Labute approximate surface area is 117 Å². The van der Waals surface area contributed by atoms with Crippen molar-refractivity contribution in [1.82, 2.24) is 0 Å². The van der Waals surface area contributed by atoms with Crippen LogP contribution in [0, 0.1) is 0 Å². The fourth-order valence-electron chi connectivity index (χ4n) is 1.44. The third kappa shape index (κ3) is 4.52. The quantitative estimate of drug-likeness (QED) is 0.897. The molecule has 0 saturated heterocycles. The number of halogens is 1. The maximum absolute atomic E-state index is 11.5. The summed E-state index contributed by atoms with van der Waals surface area (Å²) in [5.74, 6) is 0.906. The van der Waals surface area contributed by atoms with Gasteiger partial charge in [-0.1, -0.05) is 11.6 Å². The highest BCUT2D eigenvalue weighted by molar-refractivity contribution is 6.32. The normalized spacial score (nSPS) is 10.2. The van der Waals surface area contributed by atoms with E-state index in [1.165, 1.54) is 7.11 Å². The fourth-order valence-corrected chi connectivity index (χ4v) is 1.70. The number of amides is 1. The summed E-state index contributed by atoms with van der Waals surface area (Å²) in [7, 11) is 1.50. The van der Waals surface area contributed by atoms with Crippen LogP contribution in [0.15, 0.2) is 12.1 Å². The first-order chi connectivity index (χ1) is 8.97. The van der Waals surface area contributed by atoms with Crippen molar-refractivity contribution in [3.63, 3.8) is 0 Å². The monoisotopic (exact) mass is 287 g/mol. The molecule has 6 heteroatoms. The number of nitrogens with one attached hydrogen (secondary N) is 1. The summed E-state index contributed by atoms with van der Waals surface area (Å²) in [6.45, 7) is 5.86. The first kappa shape index (κ1) is 15.4. The predicted molar refractivity (Wildman–Crippen MR) is 74.4 cm³/mol. The minimum absolute atomic E-state index is 0.194. The van der Waals surface area contributed by atoms with Crippen LogP contribution in [0.5, 0.6) is 11.5 Å². The van der Waals surface area contributed by atoms with Gasteiger partial charge in [0.25, 0.3) is 0 Å². The van der Waals surface area contributed by atoms with E-state index in [4.69, 9.17) is 25.8 Å². The van der Waals surface area contributed by atoms with Gasteiger partial charge in [-0.15, -0.1) is 0 Å². The van der Waals surface area contributed by atoms with E-state index in [1.54, 1.807) is 26.0 Å². The molecule has 1 amide bonds. The van der Waals surface area contributed by atoms with E-state index in [-0.39, 0.29) is 6.10 Å². The number of carbonyl (C=O) groups is 1. The third-order valence-corrected chi connectivity index (χ3v) is 2.39. The first-order valence-corrected chi connectivity index (χ1v) is 6.33. The minimum atomic E-state index is -0.544. The number of benzene rings is 1. The van der Waals surface area contributed by atoms with Gasteiger partial charge in [0.1, 0.15) is 0 Å². The number of carbonyl (C=O) groups excluding carboxylic acids is 1. The molecule has 0 spiro atoms. The Morgan fingerprint density at radius 3 is 2.63 bits per heavy atom. The molecule has 0 atom stereocenters. The van der Waals surface area contributed by atoms with Crippen LogP contribution in [-0.2, 0) is 4.74 Å². The minimum Gasteiger partial charge on any atom is -0.493 e. The van der Waals surface area contributed by atoms with Gasteiger partial charge in [0, 0.05) is 11.8 Å². The van der Waals surface area contributed by atoms with Crippen molar-refractivity contribution in [2.75, 3.05) is 19.0 Å². The van der Waals surface area contributed by atoms with Crippen LogP contribution >= 0.6 is 11.6 Å². The molecule has 19 heavy (non-hydrogen) atoms. The molecule has 0 aromatic heterocycles. The van der Waals surface area contributed by atoms with Crippen LogP contribution in [0.2, 0.25) is 5.02 Å². The van der Waals surface area contributed by atoms with Gasteiger partial charge < -0.3 is 14.2 Å². The second-order valence-corrected chi connectivity index (χ2v) is 4.41. The van der Waals surface area contributed by atoms with E-state index in [0.717, 1.165) is 0 Å². The Hall–Kier alpha value is -1.62. The van der Waals surface area contributed by atoms with Gasteiger partial charge >= 0.3 is 6.09 Å². The molecule has 5 nitrogen and oxygen atoms in total. The summed E-state index contributed by atoms with van der Waals surface area (Å²) >= 11 is 6.08. The standard InChI is InChI=1S/C13H18ClNO4/c1-5-18-12-10(14)6-9(7-11(12)17-4)15-13(16)19-8(2)3/h6-8H,5H2,1-4H3,(H,15,16). The second kappa shape index (κ2) is 7.09. The number of hydrogen-bond acceptors (Lipinski definition) is 4. The SMILES string of the molecule is CCOc1c(Cl)cc(NC(=O)OC(C)C)cc1OC. The first-order valence-electron chi connectivity index (χ1n) is 5.95. The molecule has 1 N–H and O–H groups in total. The lowest BCUT2D eigenvalue weighted by Crippen LogP contribution is -2.18. The molecule has 106 valence electrons. The summed E-state index contributed by atoms with van der Waals surface area (Å²) in [6.07, 6.45) is -0.739. The van der Waals surface area contributed by atoms with Gasteiger partial charge in [0.2, 0.25) is 0 Å². The van der Waals surface area contributed by atoms with Crippen molar-refractivity contribution in [3.8, 4) is 11.5 Å². The van der Waals surface area contributed by atoms with Crippen LogP contribution in [0.3, 0.4) is 0 Å². The van der Waals surface area contributed by atoms with Gasteiger partial charge in [-0.25, -0.2) is 4.79 Å². The zero-order valence-corrected chi connectivity index (χ0v) is 12.2. The molecule has 0 radical (unpaired) electrons. The molecule has 0 heterocycles. The summed E-state index contributed by atoms with van der Waals surface area (Å²) in [4.78, 5) is 11.5. The Morgan fingerprint density at radius 2 is 2.11 bits per heavy atom. The highest BCUT2D eigenvalue weighted by atomic mass is 35.5. The van der Waals surface area contributed by atoms with Crippen molar-refractivity contribution in [2.24, 2.45) is 0 Å². The summed E-state index contributed by atoms with van der Waals surface area (Å²) in [5, 5.41) is 2.94. The van der Waals surface area contributed by atoms with E-state index >= 15 is 0 Å². The molecule has 1 aromatic carbocycles. The summed E-state index contributed by atoms with van der Waals surface area (Å²) < 4.78 is 15.5. The fraction of sp³-hybridized carbons (Fsp3) is 0.462. The van der Waals surface area contributed by atoms with Crippen molar-refractivity contribution in [1.29, 1.82) is 0 Å². The van der Waals surface area contributed by atoms with Gasteiger partial charge in [-0.2, -0.15) is 0 Å². The number of anilines is 1. The average Bonchev–Trinajstić information content (AvgIpc) is 2.31. The lowest BCUT2D eigenvalue weighted by molar-refractivity contribution is 0.130. The van der Waals surface area contributed by atoms with Gasteiger partial charge in [-0.3, -0.25) is 5.32 Å². The van der Waals surface area contributed by atoms with Crippen molar-refractivity contribution >= 4 is 23.4 Å². The maximum Gasteiger partial charge on any atom is 0.411 e. The van der Waals surface area contributed by atoms with Gasteiger partial charge in [-0.05, 0) is 26.8 Å². The van der Waals surface area contributed by atoms with Crippen LogP contribution in [-0.4, -0.2) is 25.9 Å². The molecular formula is C13H18ClNO4. The van der Waals surface area contributed by atoms with Gasteiger partial charge in [0.15, 0.2) is 11.5 Å². The molecule has 0 aliphatic carbocycles. The largest absolute Gasteiger partial charge is 0.493 e.